The minimum Gasteiger partial charge on any atom is -0.493 e. The molecule has 0 bridgehead atoms. The number of carbonyl (C=O) groups excluding carboxylic acids is 1. The number of amides is 1. The lowest BCUT2D eigenvalue weighted by Gasteiger charge is -2.34. The summed E-state index contributed by atoms with van der Waals surface area (Å²) in [6.45, 7) is 5.17. The molecule has 2 aromatic rings. The van der Waals surface area contributed by atoms with Crippen molar-refractivity contribution in [3.63, 3.8) is 0 Å². The standard InChI is InChI=1S/C22H28N2O5S/c1-16-5-7-19(13-17(16)2)30(26,27)24-11-9-23(10-12-24)22(25)15-18-6-8-20(28-3)21(14-18)29-4/h5-8,13-14H,9-12,15H2,1-4H3. The van der Waals surface area contributed by atoms with Gasteiger partial charge in [-0.25, -0.2) is 8.42 Å². The molecule has 1 fully saturated rings. The Labute approximate surface area is 178 Å². The highest BCUT2D eigenvalue weighted by Gasteiger charge is 2.30. The van der Waals surface area contributed by atoms with E-state index in [1.165, 1.54) is 4.31 Å². The van der Waals surface area contributed by atoms with Crippen LogP contribution in [-0.4, -0.2) is 63.9 Å². The normalized spacial score (nSPS) is 15.1. The lowest BCUT2D eigenvalue weighted by Crippen LogP contribution is -2.50. The van der Waals surface area contributed by atoms with Gasteiger partial charge >= 0.3 is 0 Å². The SMILES string of the molecule is COc1ccc(CC(=O)N2CCN(S(=O)(=O)c3ccc(C)c(C)c3)CC2)cc1OC. The number of piperazine rings is 1. The Hall–Kier alpha value is -2.58. The summed E-state index contributed by atoms with van der Waals surface area (Å²) in [4.78, 5) is 14.7. The summed E-state index contributed by atoms with van der Waals surface area (Å²) in [7, 11) is -0.443. The maximum atomic E-state index is 12.9. The van der Waals surface area contributed by atoms with Gasteiger partial charge in [-0.05, 0) is 54.8 Å². The average molecular weight is 433 g/mol. The van der Waals surface area contributed by atoms with Crippen LogP contribution in [0.1, 0.15) is 16.7 Å². The van der Waals surface area contributed by atoms with Crippen molar-refractivity contribution in [2.24, 2.45) is 0 Å². The number of sulfonamides is 1. The average Bonchev–Trinajstić information content (AvgIpc) is 2.75. The molecule has 0 N–H and O–H groups in total. The Morgan fingerprint density at radius 2 is 1.57 bits per heavy atom. The minimum absolute atomic E-state index is 0.0366. The predicted molar refractivity (Wildman–Crippen MR) is 115 cm³/mol. The Bertz CT molecular complexity index is 1030. The summed E-state index contributed by atoms with van der Waals surface area (Å²) < 4.78 is 37.9. The summed E-state index contributed by atoms with van der Waals surface area (Å²) in [5.41, 5.74) is 2.82. The molecule has 0 radical (unpaired) electrons. The second kappa shape index (κ2) is 9.06. The molecule has 7 nitrogen and oxygen atoms in total. The Balaban J connectivity index is 1.63. The van der Waals surface area contributed by atoms with Crippen molar-refractivity contribution in [3.8, 4) is 11.5 Å². The van der Waals surface area contributed by atoms with E-state index >= 15 is 0 Å². The molecule has 0 unspecified atom stereocenters. The van der Waals surface area contributed by atoms with E-state index < -0.39 is 10.0 Å². The van der Waals surface area contributed by atoms with E-state index in [1.807, 2.05) is 26.0 Å². The Morgan fingerprint density at radius 3 is 2.17 bits per heavy atom. The van der Waals surface area contributed by atoms with Gasteiger partial charge < -0.3 is 14.4 Å². The fourth-order valence-electron chi connectivity index (χ4n) is 3.48. The summed E-state index contributed by atoms with van der Waals surface area (Å²) in [6.07, 6.45) is 0.226. The third-order valence-corrected chi connectivity index (χ3v) is 7.41. The first-order valence-electron chi connectivity index (χ1n) is 9.82. The van der Waals surface area contributed by atoms with Gasteiger partial charge in [0.1, 0.15) is 0 Å². The number of carbonyl (C=O) groups is 1. The molecule has 30 heavy (non-hydrogen) atoms. The van der Waals surface area contributed by atoms with Gasteiger partial charge in [-0.15, -0.1) is 0 Å². The third kappa shape index (κ3) is 4.60. The Kier molecular flexibility index (Phi) is 6.67. The minimum atomic E-state index is -3.56. The maximum absolute atomic E-state index is 12.9. The first kappa shape index (κ1) is 22.1. The van der Waals surface area contributed by atoms with Gasteiger partial charge in [0, 0.05) is 26.2 Å². The molecule has 1 aliphatic rings. The van der Waals surface area contributed by atoms with E-state index in [0.717, 1.165) is 16.7 Å². The lowest BCUT2D eigenvalue weighted by atomic mass is 10.1. The number of benzene rings is 2. The van der Waals surface area contributed by atoms with E-state index in [2.05, 4.69) is 0 Å². The van der Waals surface area contributed by atoms with Gasteiger partial charge in [-0.2, -0.15) is 4.31 Å². The van der Waals surface area contributed by atoms with E-state index in [-0.39, 0.29) is 25.4 Å². The van der Waals surface area contributed by atoms with Crippen LogP contribution >= 0.6 is 0 Å². The van der Waals surface area contributed by atoms with Crippen molar-refractivity contribution < 1.29 is 22.7 Å². The van der Waals surface area contributed by atoms with Gasteiger partial charge in [-0.1, -0.05) is 12.1 Å². The molecule has 0 aliphatic carbocycles. The van der Waals surface area contributed by atoms with Gasteiger partial charge in [0.25, 0.3) is 0 Å². The molecule has 0 aromatic heterocycles. The van der Waals surface area contributed by atoms with E-state index in [1.54, 1.807) is 43.4 Å². The van der Waals surface area contributed by atoms with E-state index in [4.69, 9.17) is 9.47 Å². The topological polar surface area (TPSA) is 76.2 Å². The van der Waals surface area contributed by atoms with Crippen LogP contribution in [-0.2, 0) is 21.2 Å². The number of methoxy groups -OCH3 is 2. The Morgan fingerprint density at radius 1 is 0.900 bits per heavy atom. The smallest absolute Gasteiger partial charge is 0.243 e. The molecular weight excluding hydrogens is 404 g/mol. The quantitative estimate of drug-likeness (QED) is 0.701. The van der Waals surface area contributed by atoms with Crippen molar-refractivity contribution in [2.45, 2.75) is 25.2 Å². The monoisotopic (exact) mass is 432 g/mol. The first-order valence-corrected chi connectivity index (χ1v) is 11.3. The summed E-state index contributed by atoms with van der Waals surface area (Å²) >= 11 is 0. The molecule has 0 saturated carbocycles. The first-order chi connectivity index (χ1) is 14.3. The highest BCUT2D eigenvalue weighted by Crippen LogP contribution is 2.28. The highest BCUT2D eigenvalue weighted by atomic mass is 32.2. The van der Waals surface area contributed by atoms with E-state index in [0.29, 0.717) is 29.5 Å². The fourth-order valence-corrected chi connectivity index (χ4v) is 4.99. The molecule has 162 valence electrons. The van der Waals surface area contributed by atoms with Gasteiger partial charge in [0.2, 0.25) is 15.9 Å². The summed E-state index contributed by atoms with van der Waals surface area (Å²) in [5, 5.41) is 0. The largest absolute Gasteiger partial charge is 0.493 e. The summed E-state index contributed by atoms with van der Waals surface area (Å²) in [5.74, 6) is 1.15. The number of nitrogens with zero attached hydrogens (tertiary/aromatic N) is 2. The molecular formula is C22H28N2O5S. The molecule has 2 aromatic carbocycles. The van der Waals surface area contributed by atoms with Gasteiger partial charge in [0.05, 0.1) is 25.5 Å². The number of hydrogen-bond donors (Lipinski definition) is 0. The van der Waals surface area contributed by atoms with Crippen molar-refractivity contribution in [1.82, 2.24) is 9.21 Å². The number of ether oxygens (including phenoxy) is 2. The summed E-state index contributed by atoms with van der Waals surface area (Å²) in [6, 6.07) is 10.6. The third-order valence-electron chi connectivity index (χ3n) is 5.51. The molecule has 1 aliphatic heterocycles. The molecule has 8 heteroatoms. The second-order valence-corrected chi connectivity index (χ2v) is 9.33. The molecule has 0 atom stereocenters. The van der Waals surface area contributed by atoms with Crippen LogP contribution in [0.2, 0.25) is 0 Å². The zero-order valence-corrected chi connectivity index (χ0v) is 18.7. The zero-order valence-electron chi connectivity index (χ0n) is 17.8. The molecule has 0 spiro atoms. The van der Waals surface area contributed by atoms with Crippen molar-refractivity contribution in [3.05, 3.63) is 53.1 Å². The van der Waals surface area contributed by atoms with Gasteiger partial charge in [-0.3, -0.25) is 4.79 Å². The fraction of sp³-hybridized carbons (Fsp3) is 0.409. The number of aryl methyl sites for hydroxylation is 2. The van der Waals surface area contributed by atoms with Crippen LogP contribution in [0.4, 0.5) is 0 Å². The zero-order chi connectivity index (χ0) is 21.9. The van der Waals surface area contributed by atoms with Crippen molar-refractivity contribution in [1.29, 1.82) is 0 Å². The van der Waals surface area contributed by atoms with Crippen molar-refractivity contribution in [2.75, 3.05) is 40.4 Å². The number of hydrogen-bond acceptors (Lipinski definition) is 5. The molecule has 1 heterocycles. The number of rotatable bonds is 6. The highest BCUT2D eigenvalue weighted by molar-refractivity contribution is 7.89. The van der Waals surface area contributed by atoms with Crippen LogP contribution in [0.3, 0.4) is 0 Å². The second-order valence-electron chi connectivity index (χ2n) is 7.40. The lowest BCUT2D eigenvalue weighted by molar-refractivity contribution is -0.131. The van der Waals surface area contributed by atoms with Crippen LogP contribution in [0, 0.1) is 13.8 Å². The van der Waals surface area contributed by atoms with Crippen molar-refractivity contribution >= 4 is 15.9 Å². The van der Waals surface area contributed by atoms with Crippen LogP contribution in [0.15, 0.2) is 41.3 Å². The van der Waals surface area contributed by atoms with Crippen LogP contribution in [0.25, 0.3) is 0 Å². The maximum Gasteiger partial charge on any atom is 0.243 e. The molecule has 1 amide bonds. The van der Waals surface area contributed by atoms with E-state index in [9.17, 15) is 13.2 Å². The molecule has 3 rings (SSSR count). The van der Waals surface area contributed by atoms with Gasteiger partial charge in [0.15, 0.2) is 11.5 Å². The van der Waals surface area contributed by atoms with Crippen LogP contribution in [0.5, 0.6) is 11.5 Å². The van der Waals surface area contributed by atoms with Crippen LogP contribution < -0.4 is 9.47 Å². The molecule has 1 saturated heterocycles. The predicted octanol–water partition coefficient (Wildman–Crippen LogP) is 2.40.